The molecule has 0 fully saturated rings. The summed E-state index contributed by atoms with van der Waals surface area (Å²) in [6.45, 7) is 4.02. The Hall–Kier alpha value is -1.78. The third-order valence-corrected chi connectivity index (χ3v) is 4.96. The predicted octanol–water partition coefficient (Wildman–Crippen LogP) is 6.04. The van der Waals surface area contributed by atoms with Crippen LogP contribution in [-0.2, 0) is 5.41 Å². The van der Waals surface area contributed by atoms with Gasteiger partial charge in [-0.1, -0.05) is 43.1 Å². The lowest BCUT2D eigenvalue weighted by Crippen LogP contribution is -2.43. The lowest BCUT2D eigenvalue weighted by atomic mass is 9.73. The Bertz CT molecular complexity index is 823. The Morgan fingerprint density at radius 3 is 2.50 bits per heavy atom. The van der Waals surface area contributed by atoms with Crippen LogP contribution in [0.5, 0.6) is 0 Å². The molecule has 2 aromatic rings. The molecule has 1 unspecified atom stereocenters. The van der Waals surface area contributed by atoms with Gasteiger partial charge in [-0.2, -0.15) is 0 Å². The lowest BCUT2D eigenvalue weighted by molar-refractivity contribution is 0.195. The molecule has 1 N–H and O–H groups in total. The Morgan fingerprint density at radius 1 is 1.21 bits per heavy atom. The van der Waals surface area contributed by atoms with E-state index in [1.165, 1.54) is 23.1 Å². The quantitative estimate of drug-likeness (QED) is 0.667. The van der Waals surface area contributed by atoms with Gasteiger partial charge >= 0.3 is 6.09 Å². The molecule has 3 rings (SSSR count). The van der Waals surface area contributed by atoms with Gasteiger partial charge < -0.3 is 5.11 Å². The van der Waals surface area contributed by atoms with Crippen molar-refractivity contribution >= 4 is 35.0 Å². The van der Waals surface area contributed by atoms with Crippen LogP contribution in [0.4, 0.5) is 14.9 Å². The fourth-order valence-electron chi connectivity index (χ4n) is 3.38. The van der Waals surface area contributed by atoms with Gasteiger partial charge in [0.25, 0.3) is 0 Å². The molecule has 3 nitrogen and oxygen atoms in total. The lowest BCUT2D eigenvalue weighted by Gasteiger charge is -2.43. The number of rotatable bonds is 1. The van der Waals surface area contributed by atoms with E-state index in [2.05, 4.69) is 0 Å². The first kappa shape index (κ1) is 17.1. The van der Waals surface area contributed by atoms with Crippen molar-refractivity contribution in [2.75, 3.05) is 4.90 Å². The highest BCUT2D eigenvalue weighted by Crippen LogP contribution is 2.49. The Labute approximate surface area is 149 Å². The van der Waals surface area contributed by atoms with Gasteiger partial charge in [-0.25, -0.2) is 9.18 Å². The largest absolute Gasteiger partial charge is 0.465 e. The third-order valence-electron chi connectivity index (χ3n) is 4.49. The number of halogens is 3. The molecule has 1 atom stereocenters. The molecule has 126 valence electrons. The Kier molecular flexibility index (Phi) is 4.22. The summed E-state index contributed by atoms with van der Waals surface area (Å²) >= 11 is 12.1. The smallest absolute Gasteiger partial charge is 0.412 e. The van der Waals surface area contributed by atoms with Crippen LogP contribution in [-0.4, -0.2) is 11.2 Å². The molecule has 0 saturated heterocycles. The summed E-state index contributed by atoms with van der Waals surface area (Å²) in [7, 11) is 0. The molecule has 24 heavy (non-hydrogen) atoms. The van der Waals surface area contributed by atoms with Gasteiger partial charge in [0.2, 0.25) is 0 Å². The molecule has 0 aliphatic carbocycles. The fraction of sp³-hybridized carbons (Fsp3) is 0.278. The zero-order chi connectivity index (χ0) is 17.6. The van der Waals surface area contributed by atoms with Gasteiger partial charge in [-0.3, -0.25) is 4.90 Å². The van der Waals surface area contributed by atoms with Crippen LogP contribution in [0.25, 0.3) is 0 Å². The number of carbonyl (C=O) groups is 1. The fourth-order valence-corrected chi connectivity index (χ4v) is 3.73. The summed E-state index contributed by atoms with van der Waals surface area (Å²) in [6, 6.07) is 8.70. The minimum atomic E-state index is -1.15. The van der Waals surface area contributed by atoms with Crippen molar-refractivity contribution < 1.29 is 14.3 Å². The van der Waals surface area contributed by atoms with E-state index in [0.29, 0.717) is 22.2 Å². The number of carboxylic acid groups (broad SMARTS) is 1. The highest BCUT2D eigenvalue weighted by Gasteiger charge is 2.42. The second-order valence-electron chi connectivity index (χ2n) is 6.58. The average molecular weight is 368 g/mol. The average Bonchev–Trinajstić information content (AvgIpc) is 2.48. The monoisotopic (exact) mass is 367 g/mol. The van der Waals surface area contributed by atoms with Crippen molar-refractivity contribution in [1.29, 1.82) is 0 Å². The van der Waals surface area contributed by atoms with E-state index >= 15 is 0 Å². The van der Waals surface area contributed by atoms with E-state index in [1.807, 2.05) is 19.9 Å². The second-order valence-corrected chi connectivity index (χ2v) is 7.46. The number of amides is 1. The van der Waals surface area contributed by atoms with E-state index in [0.717, 1.165) is 5.56 Å². The number of nitrogens with zero attached hydrogens (tertiary/aromatic N) is 1. The van der Waals surface area contributed by atoms with Gasteiger partial charge in [0, 0.05) is 15.6 Å². The van der Waals surface area contributed by atoms with Crippen molar-refractivity contribution in [2.24, 2.45) is 0 Å². The summed E-state index contributed by atoms with van der Waals surface area (Å²) in [4.78, 5) is 13.1. The van der Waals surface area contributed by atoms with E-state index in [4.69, 9.17) is 23.2 Å². The third kappa shape index (κ3) is 2.85. The zero-order valence-corrected chi connectivity index (χ0v) is 14.7. The predicted molar refractivity (Wildman–Crippen MR) is 93.7 cm³/mol. The van der Waals surface area contributed by atoms with E-state index in [-0.39, 0.29) is 11.0 Å². The highest BCUT2D eigenvalue weighted by atomic mass is 35.5. The van der Waals surface area contributed by atoms with E-state index in [1.54, 1.807) is 12.1 Å². The Morgan fingerprint density at radius 2 is 1.83 bits per heavy atom. The molecule has 1 aliphatic rings. The number of benzene rings is 2. The first-order chi connectivity index (χ1) is 11.2. The number of fused-ring (bicyclic) bond motifs is 1. The highest BCUT2D eigenvalue weighted by molar-refractivity contribution is 6.31. The molecule has 0 spiro atoms. The maximum Gasteiger partial charge on any atom is 0.412 e. The van der Waals surface area contributed by atoms with Crippen LogP contribution in [0.15, 0.2) is 36.4 Å². The van der Waals surface area contributed by atoms with Gasteiger partial charge in [0.1, 0.15) is 5.82 Å². The minimum Gasteiger partial charge on any atom is -0.465 e. The SMILES string of the molecule is CC1(C)CC(c2cc(Cl)ccc2F)N(C(=O)O)c2cc(Cl)ccc21. The summed E-state index contributed by atoms with van der Waals surface area (Å²) < 4.78 is 14.4. The maximum atomic E-state index is 14.4. The molecular weight excluding hydrogens is 352 g/mol. The van der Waals surface area contributed by atoms with Crippen molar-refractivity contribution in [3.05, 3.63) is 63.4 Å². The van der Waals surface area contributed by atoms with Crippen LogP contribution in [0.3, 0.4) is 0 Å². The van der Waals surface area contributed by atoms with Crippen LogP contribution in [0.2, 0.25) is 10.0 Å². The van der Waals surface area contributed by atoms with Crippen molar-refractivity contribution in [3.63, 3.8) is 0 Å². The molecule has 0 aromatic heterocycles. The van der Waals surface area contributed by atoms with Crippen LogP contribution in [0, 0.1) is 5.82 Å². The first-order valence-electron chi connectivity index (χ1n) is 7.48. The summed E-state index contributed by atoms with van der Waals surface area (Å²) in [5.74, 6) is -0.475. The van der Waals surface area contributed by atoms with Gasteiger partial charge in [0.05, 0.1) is 11.7 Å². The van der Waals surface area contributed by atoms with E-state index < -0.39 is 18.0 Å². The normalized spacial score (nSPS) is 19.0. The van der Waals surface area contributed by atoms with Gasteiger partial charge in [-0.05, 0) is 47.7 Å². The van der Waals surface area contributed by atoms with Crippen molar-refractivity contribution in [3.8, 4) is 0 Å². The van der Waals surface area contributed by atoms with E-state index in [9.17, 15) is 14.3 Å². The van der Waals surface area contributed by atoms with Crippen molar-refractivity contribution in [2.45, 2.75) is 31.7 Å². The van der Waals surface area contributed by atoms with Crippen LogP contribution >= 0.6 is 23.2 Å². The number of hydrogen-bond acceptors (Lipinski definition) is 1. The Balaban J connectivity index is 2.24. The first-order valence-corrected chi connectivity index (χ1v) is 8.23. The van der Waals surface area contributed by atoms with Gasteiger partial charge in [0.15, 0.2) is 0 Å². The second kappa shape index (κ2) is 5.94. The molecule has 1 amide bonds. The maximum absolute atomic E-state index is 14.4. The van der Waals surface area contributed by atoms with Gasteiger partial charge in [-0.15, -0.1) is 0 Å². The minimum absolute atomic E-state index is 0.267. The number of hydrogen-bond donors (Lipinski definition) is 1. The standard InChI is InChI=1S/C18H16Cl2FNO2/c1-18(2)9-16(12-7-10(19)4-6-14(12)21)22(17(23)24)15-8-11(20)3-5-13(15)18/h3-8,16H,9H2,1-2H3,(H,23,24). The summed E-state index contributed by atoms with van der Waals surface area (Å²) in [5.41, 5.74) is 1.28. The zero-order valence-electron chi connectivity index (χ0n) is 13.2. The molecule has 0 saturated carbocycles. The molecular formula is C18H16Cl2FNO2. The topological polar surface area (TPSA) is 40.5 Å². The molecule has 1 aliphatic heterocycles. The molecule has 0 bridgehead atoms. The molecule has 2 aromatic carbocycles. The van der Waals surface area contributed by atoms with Crippen molar-refractivity contribution in [1.82, 2.24) is 0 Å². The summed E-state index contributed by atoms with van der Waals surface area (Å²) in [5, 5.41) is 10.6. The molecule has 0 radical (unpaired) electrons. The molecule has 6 heteroatoms. The summed E-state index contributed by atoms with van der Waals surface area (Å²) in [6.07, 6.45) is -0.719. The number of anilines is 1. The van der Waals surface area contributed by atoms with Crippen LogP contribution in [0.1, 0.15) is 37.4 Å². The molecule has 1 heterocycles. The van der Waals surface area contributed by atoms with Crippen LogP contribution < -0.4 is 4.90 Å².